The van der Waals surface area contributed by atoms with Gasteiger partial charge in [0, 0.05) is 43.7 Å². The van der Waals surface area contributed by atoms with Crippen LogP contribution in [0.25, 0.3) is 11.0 Å². The average Bonchev–Trinajstić information content (AvgIpc) is 3.52. The fraction of sp³-hybridized carbons (Fsp3) is 0.419. The lowest BCUT2D eigenvalue weighted by Gasteiger charge is -2.21. The lowest BCUT2D eigenvalue weighted by molar-refractivity contribution is -0.167. The lowest BCUT2D eigenvalue weighted by Crippen LogP contribution is -2.34. The van der Waals surface area contributed by atoms with Gasteiger partial charge in [-0.1, -0.05) is 38.5 Å². The van der Waals surface area contributed by atoms with Gasteiger partial charge in [0.05, 0.1) is 36.0 Å². The maximum absolute atomic E-state index is 13.5. The highest BCUT2D eigenvalue weighted by Crippen LogP contribution is 2.21. The number of hydrogen-bond donors (Lipinski definition) is 2. The molecular formula is C43H61N7O7. The van der Waals surface area contributed by atoms with Crippen molar-refractivity contribution in [1.29, 1.82) is 0 Å². The van der Waals surface area contributed by atoms with Crippen LogP contribution in [0.2, 0.25) is 0 Å². The molecule has 0 saturated carbocycles. The zero-order valence-electron chi connectivity index (χ0n) is 35.4. The number of nitrogens with two attached hydrogens (primary N) is 1. The molecule has 0 atom stereocenters. The van der Waals surface area contributed by atoms with Gasteiger partial charge in [-0.15, -0.1) is 0 Å². The lowest BCUT2D eigenvalue weighted by atomic mass is 9.98. The quantitative estimate of drug-likeness (QED) is 0.0244. The minimum Gasteiger partial charge on any atom is -0.466 e. The summed E-state index contributed by atoms with van der Waals surface area (Å²) in [5, 5.41) is 3.37. The Balaban J connectivity index is 0.000000710. The van der Waals surface area contributed by atoms with E-state index >= 15 is 0 Å². The Bertz CT molecular complexity index is 1890. The molecule has 0 aliphatic rings. The summed E-state index contributed by atoms with van der Waals surface area (Å²) < 4.78 is 15.8. The Kier molecular flexibility index (Phi) is 22.3. The predicted molar refractivity (Wildman–Crippen MR) is 227 cm³/mol. The van der Waals surface area contributed by atoms with E-state index in [1.807, 2.05) is 55.8 Å². The number of pyridine rings is 1. The van der Waals surface area contributed by atoms with Crippen molar-refractivity contribution in [2.45, 2.75) is 81.7 Å². The van der Waals surface area contributed by atoms with Crippen LogP contribution in [-0.2, 0) is 42.2 Å². The van der Waals surface area contributed by atoms with Crippen LogP contribution in [0.3, 0.4) is 0 Å². The van der Waals surface area contributed by atoms with Crippen molar-refractivity contribution in [1.82, 2.24) is 14.5 Å². The second-order valence-electron chi connectivity index (χ2n) is 13.3. The zero-order chi connectivity index (χ0) is 43.0. The summed E-state index contributed by atoms with van der Waals surface area (Å²) in [7, 11) is 3.60. The minimum absolute atomic E-state index is 0.0661. The molecule has 2 aromatic heterocycles. The maximum atomic E-state index is 13.5. The van der Waals surface area contributed by atoms with Crippen molar-refractivity contribution >= 4 is 52.7 Å². The van der Waals surface area contributed by atoms with Crippen LogP contribution >= 0.6 is 0 Å². The van der Waals surface area contributed by atoms with E-state index < -0.39 is 5.41 Å². The summed E-state index contributed by atoms with van der Waals surface area (Å²) in [5.41, 5.74) is 10.6. The van der Waals surface area contributed by atoms with E-state index in [0.29, 0.717) is 29.3 Å². The van der Waals surface area contributed by atoms with Gasteiger partial charge in [-0.05, 0) is 103 Å². The van der Waals surface area contributed by atoms with Crippen LogP contribution in [0, 0.1) is 5.41 Å². The number of rotatable bonds is 14. The molecule has 3 N–H and O–H groups in total. The summed E-state index contributed by atoms with van der Waals surface area (Å²) in [6, 6.07) is 18.4. The van der Waals surface area contributed by atoms with E-state index in [1.54, 1.807) is 71.3 Å². The number of benzene rings is 2. The van der Waals surface area contributed by atoms with Crippen molar-refractivity contribution in [3.05, 3.63) is 95.5 Å². The number of amidine groups is 1. The number of nitrogens with zero attached hydrogens (tertiary/aromatic N) is 5. The summed E-state index contributed by atoms with van der Waals surface area (Å²) in [5.74, 6) is 0.738. The van der Waals surface area contributed by atoms with Gasteiger partial charge in [0.2, 0.25) is 6.79 Å². The number of imidazole rings is 1. The number of amides is 1. The van der Waals surface area contributed by atoms with E-state index in [1.165, 1.54) is 16.9 Å². The molecule has 1 amide bonds. The Labute approximate surface area is 337 Å². The number of allylic oxidation sites excluding steroid dienone is 2. The first-order valence-electron chi connectivity index (χ1n) is 18.9. The highest BCUT2D eigenvalue weighted by molar-refractivity contribution is 6.07. The van der Waals surface area contributed by atoms with Gasteiger partial charge >= 0.3 is 11.9 Å². The van der Waals surface area contributed by atoms with Gasteiger partial charge in [0.15, 0.2) is 0 Å². The Morgan fingerprint density at radius 1 is 0.982 bits per heavy atom. The third-order valence-electron chi connectivity index (χ3n) is 7.66. The molecule has 0 bridgehead atoms. The number of aliphatic imine (C=N–C) groups is 1. The van der Waals surface area contributed by atoms with E-state index in [9.17, 15) is 19.2 Å². The molecular weight excluding hydrogens is 727 g/mol. The van der Waals surface area contributed by atoms with Gasteiger partial charge in [-0.25, -0.2) is 9.97 Å². The molecule has 14 nitrogen and oxygen atoms in total. The number of aromatic nitrogens is 3. The third kappa shape index (κ3) is 17.1. The Morgan fingerprint density at radius 2 is 1.65 bits per heavy atom. The third-order valence-corrected chi connectivity index (χ3v) is 7.66. The van der Waals surface area contributed by atoms with Crippen LogP contribution in [0.1, 0.15) is 96.9 Å². The number of ether oxygens (including phenoxy) is 3. The number of carbonyl (C=O) groups excluding carboxylic acids is 4. The van der Waals surface area contributed by atoms with Gasteiger partial charge in [0.1, 0.15) is 17.5 Å². The van der Waals surface area contributed by atoms with Crippen molar-refractivity contribution in [2.24, 2.45) is 23.2 Å². The van der Waals surface area contributed by atoms with Crippen LogP contribution in [0.15, 0.2) is 83.5 Å². The molecule has 0 unspecified atom stereocenters. The smallest absolute Gasteiger partial charge is 0.314 e. The first-order chi connectivity index (χ1) is 27.2. The number of anilines is 2. The molecule has 0 saturated heterocycles. The molecule has 0 spiro atoms. The first-order valence-corrected chi connectivity index (χ1v) is 18.9. The standard InChI is InChI=1S/C28H31N7O3.C7H12O4.C6H12.C2H6/c1-4-38-26(36)14-16-35(24-7-5-6-15-31-24)28(37)20-10-13-23-22(17-20)33-25(34(23)3)18-32-21-11-8-19(9-12-21)27(29)30-2;1-7(2,3)6(9)11-5-10-4-8;1-4-5-6(2)3;1-2/h5-13,15,17,32H,4,14,16,18H2,1-3H3,(H2,29,30);4H,5H2,1-3H3;5H,4H2,1-3H3;1-2H3. The van der Waals surface area contributed by atoms with Crippen molar-refractivity contribution in [3.8, 4) is 0 Å². The summed E-state index contributed by atoms with van der Waals surface area (Å²) >= 11 is 0. The van der Waals surface area contributed by atoms with Crippen LogP contribution in [0.5, 0.6) is 0 Å². The molecule has 0 fully saturated rings. The van der Waals surface area contributed by atoms with Crippen molar-refractivity contribution in [2.75, 3.05) is 37.2 Å². The van der Waals surface area contributed by atoms with E-state index in [4.69, 9.17) is 15.5 Å². The van der Waals surface area contributed by atoms with Crippen molar-refractivity contribution in [3.63, 3.8) is 0 Å². The predicted octanol–water partition coefficient (Wildman–Crippen LogP) is 7.61. The fourth-order valence-corrected chi connectivity index (χ4v) is 4.78. The Hall–Kier alpha value is -6.05. The normalized spacial score (nSPS) is 10.5. The number of hydrogen-bond acceptors (Lipinski definition) is 11. The molecule has 4 rings (SSSR count). The summed E-state index contributed by atoms with van der Waals surface area (Å²) in [6.45, 7) is 18.1. The van der Waals surface area contributed by atoms with Gasteiger partial charge in [-0.2, -0.15) is 0 Å². The number of nitrogens with one attached hydrogen (secondary N) is 1. The number of fused-ring (bicyclic) bond motifs is 1. The molecule has 0 aliphatic heterocycles. The molecule has 4 aromatic rings. The number of aryl methyl sites for hydroxylation is 1. The molecule has 2 aromatic carbocycles. The minimum atomic E-state index is -0.549. The molecule has 2 heterocycles. The van der Waals surface area contributed by atoms with E-state index in [0.717, 1.165) is 22.6 Å². The zero-order valence-corrected chi connectivity index (χ0v) is 35.4. The second kappa shape index (κ2) is 25.9. The molecule has 57 heavy (non-hydrogen) atoms. The highest BCUT2D eigenvalue weighted by atomic mass is 16.7. The SMILES string of the molecule is CC.CC(C)(C)C(=O)OCOC=O.CCC=C(C)C.CCOC(=O)CCN(C(=O)c1ccc2c(c1)nc(CNc1ccc(C(N)=NC)cc1)n2C)c1ccccn1. The van der Waals surface area contributed by atoms with E-state index in [-0.39, 0.29) is 50.7 Å². The maximum Gasteiger partial charge on any atom is 0.314 e. The van der Waals surface area contributed by atoms with Gasteiger partial charge in [0.25, 0.3) is 12.4 Å². The highest BCUT2D eigenvalue weighted by Gasteiger charge is 2.23. The summed E-state index contributed by atoms with van der Waals surface area (Å²) in [4.78, 5) is 60.6. The fourth-order valence-electron chi connectivity index (χ4n) is 4.78. The molecule has 310 valence electrons. The van der Waals surface area contributed by atoms with Gasteiger partial charge < -0.3 is 29.8 Å². The first kappa shape index (κ1) is 49.0. The topological polar surface area (TPSA) is 180 Å². The molecule has 14 heteroatoms. The Morgan fingerprint density at radius 3 is 2.18 bits per heavy atom. The summed E-state index contributed by atoms with van der Waals surface area (Å²) in [6.07, 6.45) is 5.06. The number of esters is 2. The molecule has 0 radical (unpaired) electrons. The van der Waals surface area contributed by atoms with E-state index in [2.05, 4.69) is 51.6 Å². The average molecular weight is 788 g/mol. The van der Waals surface area contributed by atoms with Gasteiger partial charge in [-0.3, -0.25) is 29.1 Å². The van der Waals surface area contributed by atoms with Crippen LogP contribution < -0.4 is 16.0 Å². The molecule has 0 aliphatic carbocycles. The second-order valence-corrected chi connectivity index (χ2v) is 13.3. The van der Waals surface area contributed by atoms with Crippen LogP contribution in [0.4, 0.5) is 11.5 Å². The van der Waals surface area contributed by atoms with Crippen molar-refractivity contribution < 1.29 is 33.4 Å². The number of carbonyl (C=O) groups is 4. The van der Waals surface area contributed by atoms with Crippen LogP contribution in [-0.4, -0.2) is 71.7 Å². The largest absolute Gasteiger partial charge is 0.466 e. The monoisotopic (exact) mass is 787 g/mol.